The SMILES string of the molecule is CCc1nc2c(n1C1(C(F)(F)F)CC1)CCNC2. The summed E-state index contributed by atoms with van der Waals surface area (Å²) in [6, 6.07) is 0. The number of hydrogen-bond acceptors (Lipinski definition) is 2. The molecular formula is C12H16F3N3. The number of halogens is 3. The minimum Gasteiger partial charge on any atom is -0.316 e. The van der Waals surface area contributed by atoms with Gasteiger partial charge in [-0.2, -0.15) is 13.2 Å². The zero-order valence-corrected chi connectivity index (χ0v) is 10.3. The second-order valence-corrected chi connectivity index (χ2v) is 5.07. The Morgan fingerprint density at radius 1 is 1.39 bits per heavy atom. The van der Waals surface area contributed by atoms with Crippen molar-refractivity contribution in [1.82, 2.24) is 14.9 Å². The predicted molar refractivity (Wildman–Crippen MR) is 60.3 cm³/mol. The van der Waals surface area contributed by atoms with E-state index in [0.29, 0.717) is 25.2 Å². The van der Waals surface area contributed by atoms with E-state index in [1.54, 1.807) is 0 Å². The smallest absolute Gasteiger partial charge is 0.316 e. The number of nitrogens with zero attached hydrogens (tertiary/aromatic N) is 2. The van der Waals surface area contributed by atoms with Crippen molar-refractivity contribution in [2.24, 2.45) is 0 Å². The highest BCUT2D eigenvalue weighted by Gasteiger charge is 2.66. The molecule has 1 aliphatic carbocycles. The number of aromatic nitrogens is 2. The molecule has 0 radical (unpaired) electrons. The van der Waals surface area contributed by atoms with Gasteiger partial charge in [-0.25, -0.2) is 4.98 Å². The number of rotatable bonds is 2. The van der Waals surface area contributed by atoms with E-state index in [4.69, 9.17) is 0 Å². The lowest BCUT2D eigenvalue weighted by atomic mass is 10.1. The van der Waals surface area contributed by atoms with E-state index in [-0.39, 0.29) is 12.8 Å². The summed E-state index contributed by atoms with van der Waals surface area (Å²) >= 11 is 0. The molecule has 0 amide bonds. The molecular weight excluding hydrogens is 243 g/mol. The lowest BCUT2D eigenvalue weighted by Gasteiger charge is -2.26. The molecule has 0 unspecified atom stereocenters. The van der Waals surface area contributed by atoms with Crippen LogP contribution in [0.3, 0.4) is 0 Å². The summed E-state index contributed by atoms with van der Waals surface area (Å²) in [6.45, 7) is 3.18. The molecule has 0 aromatic carbocycles. The van der Waals surface area contributed by atoms with Crippen LogP contribution < -0.4 is 5.32 Å². The molecule has 1 aliphatic heterocycles. The van der Waals surface area contributed by atoms with Crippen molar-refractivity contribution in [3.63, 3.8) is 0 Å². The monoisotopic (exact) mass is 259 g/mol. The topological polar surface area (TPSA) is 29.9 Å². The summed E-state index contributed by atoms with van der Waals surface area (Å²) in [5, 5.41) is 3.16. The number of hydrogen-bond donors (Lipinski definition) is 1. The summed E-state index contributed by atoms with van der Waals surface area (Å²) in [5.41, 5.74) is -0.0648. The van der Waals surface area contributed by atoms with Gasteiger partial charge in [-0.1, -0.05) is 6.92 Å². The maximum Gasteiger partial charge on any atom is 0.411 e. The molecule has 1 N–H and O–H groups in total. The zero-order chi connectivity index (χ0) is 13.0. The number of aryl methyl sites for hydroxylation is 1. The summed E-state index contributed by atoms with van der Waals surface area (Å²) in [5.74, 6) is 0.582. The fourth-order valence-electron chi connectivity index (χ4n) is 2.86. The van der Waals surface area contributed by atoms with Crippen LogP contribution in [0.25, 0.3) is 0 Å². The summed E-state index contributed by atoms with van der Waals surface area (Å²) in [4.78, 5) is 4.39. The molecule has 0 saturated heterocycles. The Kier molecular flexibility index (Phi) is 2.49. The Labute approximate surface area is 103 Å². The van der Waals surface area contributed by atoms with Gasteiger partial charge in [0, 0.05) is 31.6 Å². The maximum atomic E-state index is 13.3. The first-order valence-electron chi connectivity index (χ1n) is 6.37. The van der Waals surface area contributed by atoms with E-state index in [1.165, 1.54) is 4.57 Å². The van der Waals surface area contributed by atoms with Crippen molar-refractivity contribution in [3.05, 3.63) is 17.2 Å². The van der Waals surface area contributed by atoms with Crippen LogP contribution in [0.2, 0.25) is 0 Å². The third-order valence-corrected chi connectivity index (χ3v) is 3.95. The highest BCUT2D eigenvalue weighted by atomic mass is 19.4. The van der Waals surface area contributed by atoms with Crippen LogP contribution in [0.5, 0.6) is 0 Å². The lowest BCUT2D eigenvalue weighted by Crippen LogP contribution is -2.38. The van der Waals surface area contributed by atoms with E-state index < -0.39 is 11.7 Å². The number of imidazole rings is 1. The van der Waals surface area contributed by atoms with Gasteiger partial charge in [-0.3, -0.25) is 0 Å². The van der Waals surface area contributed by atoms with Crippen molar-refractivity contribution in [2.45, 2.75) is 50.9 Å². The molecule has 6 heteroatoms. The van der Waals surface area contributed by atoms with Crippen molar-refractivity contribution in [1.29, 1.82) is 0 Å². The van der Waals surface area contributed by atoms with Gasteiger partial charge in [-0.05, 0) is 12.8 Å². The predicted octanol–water partition coefficient (Wildman–Crippen LogP) is 2.14. The van der Waals surface area contributed by atoms with Gasteiger partial charge >= 0.3 is 6.18 Å². The van der Waals surface area contributed by atoms with E-state index in [9.17, 15) is 13.2 Å². The van der Waals surface area contributed by atoms with E-state index in [2.05, 4.69) is 10.3 Å². The minimum absolute atomic E-state index is 0.194. The van der Waals surface area contributed by atoms with Crippen LogP contribution in [0.4, 0.5) is 13.2 Å². The quantitative estimate of drug-likeness (QED) is 0.882. The molecule has 0 atom stereocenters. The summed E-state index contributed by atoms with van der Waals surface area (Å²) in [6.07, 6.45) is -2.60. The molecule has 0 bridgehead atoms. The average molecular weight is 259 g/mol. The van der Waals surface area contributed by atoms with Crippen LogP contribution in [0.15, 0.2) is 0 Å². The van der Waals surface area contributed by atoms with Crippen LogP contribution in [-0.4, -0.2) is 22.3 Å². The molecule has 18 heavy (non-hydrogen) atoms. The van der Waals surface area contributed by atoms with Crippen molar-refractivity contribution < 1.29 is 13.2 Å². The van der Waals surface area contributed by atoms with Crippen molar-refractivity contribution in [3.8, 4) is 0 Å². The Bertz CT molecular complexity index is 472. The third kappa shape index (κ3) is 1.51. The van der Waals surface area contributed by atoms with Gasteiger partial charge in [0.25, 0.3) is 0 Å². The van der Waals surface area contributed by atoms with E-state index >= 15 is 0 Å². The van der Waals surface area contributed by atoms with Gasteiger partial charge in [0.2, 0.25) is 0 Å². The van der Waals surface area contributed by atoms with Crippen LogP contribution in [0, 0.1) is 0 Å². The fraction of sp³-hybridized carbons (Fsp3) is 0.750. The molecule has 1 aromatic rings. The largest absolute Gasteiger partial charge is 0.411 e. The van der Waals surface area contributed by atoms with Crippen molar-refractivity contribution in [2.75, 3.05) is 6.54 Å². The molecule has 1 fully saturated rings. The standard InChI is InChI=1S/C12H16F3N3/c1-2-10-17-8-7-16-6-3-9(8)18(10)11(4-5-11)12(13,14)15/h16H,2-7H2,1H3. The Morgan fingerprint density at radius 3 is 2.67 bits per heavy atom. The van der Waals surface area contributed by atoms with Gasteiger partial charge in [0.15, 0.2) is 0 Å². The number of nitrogens with one attached hydrogen (secondary N) is 1. The number of alkyl halides is 3. The minimum atomic E-state index is -4.17. The van der Waals surface area contributed by atoms with Gasteiger partial charge in [-0.15, -0.1) is 0 Å². The number of fused-ring (bicyclic) bond motifs is 1. The molecule has 2 aliphatic rings. The maximum absolute atomic E-state index is 13.3. The zero-order valence-electron chi connectivity index (χ0n) is 10.3. The fourth-order valence-corrected chi connectivity index (χ4v) is 2.86. The first kappa shape index (κ1) is 12.0. The molecule has 1 saturated carbocycles. The second kappa shape index (κ2) is 3.73. The van der Waals surface area contributed by atoms with E-state index in [1.807, 2.05) is 6.92 Å². The van der Waals surface area contributed by atoms with Crippen LogP contribution in [0.1, 0.15) is 37.0 Å². The average Bonchev–Trinajstić information content (AvgIpc) is 3.04. The highest BCUT2D eigenvalue weighted by molar-refractivity contribution is 5.26. The highest BCUT2D eigenvalue weighted by Crippen LogP contribution is 2.56. The summed E-state index contributed by atoms with van der Waals surface area (Å²) < 4.78 is 41.3. The first-order chi connectivity index (χ1) is 8.49. The Balaban J connectivity index is 2.14. The van der Waals surface area contributed by atoms with E-state index in [0.717, 1.165) is 17.9 Å². The third-order valence-electron chi connectivity index (χ3n) is 3.95. The van der Waals surface area contributed by atoms with Gasteiger partial charge in [0.05, 0.1) is 5.69 Å². The Hall–Kier alpha value is -1.04. The molecule has 2 heterocycles. The molecule has 3 nitrogen and oxygen atoms in total. The first-order valence-corrected chi connectivity index (χ1v) is 6.37. The lowest BCUT2D eigenvalue weighted by molar-refractivity contribution is -0.180. The van der Waals surface area contributed by atoms with Gasteiger partial charge in [0.1, 0.15) is 11.4 Å². The summed E-state index contributed by atoms with van der Waals surface area (Å²) in [7, 11) is 0. The normalized spacial score (nSPS) is 21.8. The van der Waals surface area contributed by atoms with Crippen molar-refractivity contribution >= 4 is 0 Å². The molecule has 100 valence electrons. The molecule has 3 rings (SSSR count). The van der Waals surface area contributed by atoms with Crippen LogP contribution >= 0.6 is 0 Å². The second-order valence-electron chi connectivity index (χ2n) is 5.07. The Morgan fingerprint density at radius 2 is 2.11 bits per heavy atom. The molecule has 0 spiro atoms. The van der Waals surface area contributed by atoms with Crippen LogP contribution in [-0.2, 0) is 24.9 Å². The van der Waals surface area contributed by atoms with Gasteiger partial charge < -0.3 is 9.88 Å². The molecule has 1 aromatic heterocycles.